The van der Waals surface area contributed by atoms with Gasteiger partial charge in [0.15, 0.2) is 5.82 Å². The molecule has 0 radical (unpaired) electrons. The predicted octanol–water partition coefficient (Wildman–Crippen LogP) is 1.92. The van der Waals surface area contributed by atoms with Gasteiger partial charge in [-0.3, -0.25) is 15.2 Å². The molecule has 0 aliphatic carbocycles. The zero-order valence-electron chi connectivity index (χ0n) is 20.9. The lowest BCUT2D eigenvalue weighted by Gasteiger charge is -2.21. The SMILES string of the molecule is COCc1cc(OC)cc([C@H](Nc2ccc(C(=N)N)c(OC(C)=O)c2)c2nn(-c3ncccn3)c(=O)[nH]2)c1. The van der Waals surface area contributed by atoms with Crippen molar-refractivity contribution >= 4 is 17.5 Å². The minimum absolute atomic E-state index is 0.104. The number of methoxy groups -OCH3 is 2. The third-order valence-corrected chi connectivity index (χ3v) is 5.36. The molecule has 2 aromatic heterocycles. The van der Waals surface area contributed by atoms with Crippen LogP contribution in [0.5, 0.6) is 11.5 Å². The first-order valence-electron chi connectivity index (χ1n) is 11.4. The molecule has 2 aromatic carbocycles. The van der Waals surface area contributed by atoms with E-state index in [2.05, 4.69) is 25.4 Å². The summed E-state index contributed by atoms with van der Waals surface area (Å²) in [5.41, 5.74) is 7.39. The monoisotopic (exact) mass is 518 g/mol. The minimum atomic E-state index is -0.716. The molecule has 0 spiro atoms. The molecule has 0 aliphatic rings. The Kier molecular flexibility index (Phi) is 7.77. The fraction of sp³-hybridized carbons (Fsp3) is 0.200. The molecule has 13 heteroatoms. The van der Waals surface area contributed by atoms with Crippen LogP contribution in [-0.2, 0) is 16.1 Å². The number of amidine groups is 1. The number of hydrogen-bond acceptors (Lipinski definition) is 10. The number of nitrogens with one attached hydrogen (secondary N) is 3. The molecule has 0 bridgehead atoms. The molecule has 0 saturated carbocycles. The van der Waals surface area contributed by atoms with Crippen LogP contribution in [0, 0.1) is 5.41 Å². The van der Waals surface area contributed by atoms with Gasteiger partial charge in [-0.2, -0.15) is 0 Å². The summed E-state index contributed by atoms with van der Waals surface area (Å²) in [7, 11) is 3.13. The third kappa shape index (κ3) is 5.84. The number of nitrogens with zero attached hydrogens (tertiary/aromatic N) is 4. The van der Waals surface area contributed by atoms with E-state index in [-0.39, 0.29) is 28.9 Å². The summed E-state index contributed by atoms with van der Waals surface area (Å²) in [5, 5.41) is 15.6. The number of anilines is 1. The van der Waals surface area contributed by atoms with Gasteiger partial charge in [-0.15, -0.1) is 9.78 Å². The van der Waals surface area contributed by atoms with Crippen molar-refractivity contribution in [1.82, 2.24) is 24.7 Å². The number of nitrogen functional groups attached to an aromatic ring is 1. The summed E-state index contributed by atoms with van der Waals surface area (Å²) in [5.74, 6) is 0.214. The number of carbonyl (C=O) groups is 1. The maximum atomic E-state index is 12.8. The zero-order valence-corrected chi connectivity index (χ0v) is 20.9. The molecule has 0 unspecified atom stereocenters. The highest BCUT2D eigenvalue weighted by molar-refractivity contribution is 5.98. The molecule has 13 nitrogen and oxygen atoms in total. The molecule has 0 saturated heterocycles. The molecule has 2 heterocycles. The lowest BCUT2D eigenvalue weighted by atomic mass is 10.0. The maximum Gasteiger partial charge on any atom is 0.350 e. The van der Waals surface area contributed by atoms with E-state index in [0.29, 0.717) is 23.6 Å². The van der Waals surface area contributed by atoms with Crippen molar-refractivity contribution in [2.24, 2.45) is 5.73 Å². The Morgan fingerprint density at radius 2 is 1.95 bits per heavy atom. The Morgan fingerprint density at radius 3 is 2.61 bits per heavy atom. The average molecular weight is 519 g/mol. The molecule has 4 aromatic rings. The van der Waals surface area contributed by atoms with Gasteiger partial charge in [0, 0.05) is 38.2 Å². The van der Waals surface area contributed by atoms with Crippen molar-refractivity contribution in [3.8, 4) is 17.4 Å². The number of rotatable bonds is 10. The smallest absolute Gasteiger partial charge is 0.350 e. The lowest BCUT2D eigenvalue weighted by Crippen LogP contribution is -2.18. The van der Waals surface area contributed by atoms with Gasteiger partial charge >= 0.3 is 11.7 Å². The normalized spacial score (nSPS) is 11.6. The highest BCUT2D eigenvalue weighted by Gasteiger charge is 2.23. The first kappa shape index (κ1) is 26.0. The van der Waals surface area contributed by atoms with Gasteiger partial charge in [0.05, 0.1) is 19.3 Å². The summed E-state index contributed by atoms with van der Waals surface area (Å²) in [6.45, 7) is 1.58. The molecular formula is C25H26N8O5. The van der Waals surface area contributed by atoms with Crippen LogP contribution in [0.15, 0.2) is 59.7 Å². The fourth-order valence-electron chi connectivity index (χ4n) is 3.78. The van der Waals surface area contributed by atoms with Gasteiger partial charge < -0.3 is 25.3 Å². The van der Waals surface area contributed by atoms with E-state index in [4.69, 9.17) is 25.4 Å². The number of ether oxygens (including phenoxy) is 3. The van der Waals surface area contributed by atoms with E-state index in [9.17, 15) is 9.59 Å². The fourth-order valence-corrected chi connectivity index (χ4v) is 3.78. The van der Waals surface area contributed by atoms with Crippen LogP contribution in [0.2, 0.25) is 0 Å². The van der Waals surface area contributed by atoms with Crippen LogP contribution in [0.3, 0.4) is 0 Å². The van der Waals surface area contributed by atoms with E-state index >= 15 is 0 Å². The molecule has 0 fully saturated rings. The van der Waals surface area contributed by atoms with Crippen molar-refractivity contribution in [3.05, 3.63) is 87.9 Å². The van der Waals surface area contributed by atoms with Crippen molar-refractivity contribution < 1.29 is 19.0 Å². The summed E-state index contributed by atoms with van der Waals surface area (Å²) in [6, 6.07) is 11.2. The molecule has 1 atom stereocenters. The number of benzene rings is 2. The van der Waals surface area contributed by atoms with Crippen LogP contribution < -0.4 is 26.2 Å². The number of aromatic nitrogens is 5. The number of carbonyl (C=O) groups excluding carboxylic acids is 1. The number of aromatic amines is 1. The van der Waals surface area contributed by atoms with Crippen LogP contribution in [0.1, 0.15) is 35.5 Å². The van der Waals surface area contributed by atoms with Crippen molar-refractivity contribution in [2.75, 3.05) is 19.5 Å². The first-order valence-corrected chi connectivity index (χ1v) is 11.4. The average Bonchev–Trinajstić information content (AvgIpc) is 3.28. The second-order valence-electron chi connectivity index (χ2n) is 8.12. The van der Waals surface area contributed by atoms with Gasteiger partial charge in [-0.05, 0) is 41.5 Å². The minimum Gasteiger partial charge on any atom is -0.497 e. The van der Waals surface area contributed by atoms with Gasteiger partial charge in [0.2, 0.25) is 0 Å². The highest BCUT2D eigenvalue weighted by Crippen LogP contribution is 2.31. The summed E-state index contributed by atoms with van der Waals surface area (Å²) in [4.78, 5) is 35.5. The summed E-state index contributed by atoms with van der Waals surface area (Å²) >= 11 is 0. The first-order chi connectivity index (χ1) is 18.3. The predicted molar refractivity (Wildman–Crippen MR) is 138 cm³/mol. The van der Waals surface area contributed by atoms with Crippen LogP contribution >= 0.6 is 0 Å². The van der Waals surface area contributed by atoms with E-state index in [1.807, 2.05) is 12.1 Å². The number of hydrogen-bond donors (Lipinski definition) is 4. The van der Waals surface area contributed by atoms with Crippen molar-refractivity contribution in [1.29, 1.82) is 5.41 Å². The highest BCUT2D eigenvalue weighted by atomic mass is 16.5. The molecule has 0 aliphatic heterocycles. The lowest BCUT2D eigenvalue weighted by molar-refractivity contribution is -0.131. The molecular weight excluding hydrogens is 492 g/mol. The summed E-state index contributed by atoms with van der Waals surface area (Å²) in [6.07, 6.45) is 3.01. The Morgan fingerprint density at radius 1 is 1.18 bits per heavy atom. The Hall–Kier alpha value is -5.04. The number of nitrogens with two attached hydrogens (primary N) is 1. The Bertz CT molecular complexity index is 1520. The molecule has 38 heavy (non-hydrogen) atoms. The van der Waals surface area contributed by atoms with Gasteiger partial charge in [-0.25, -0.2) is 14.8 Å². The van der Waals surface area contributed by atoms with E-state index in [1.165, 1.54) is 25.4 Å². The quantitative estimate of drug-likeness (QED) is 0.105. The topological polar surface area (TPSA) is 183 Å². The standard InChI is InChI=1S/C25H26N8O5/c1-14(34)38-20-12-17(5-6-19(20)22(26)27)30-21(16-9-15(13-36-2)10-18(11-16)37-3)23-31-25(35)33(32-23)24-28-7-4-8-29-24/h4-12,21,30H,13H2,1-3H3,(H3,26,27)(H,31,32,35)/t21-/m0/s1. The molecule has 5 N–H and O–H groups in total. The second kappa shape index (κ2) is 11.3. The summed E-state index contributed by atoms with van der Waals surface area (Å²) < 4.78 is 17.1. The molecule has 4 rings (SSSR count). The van der Waals surface area contributed by atoms with Gasteiger partial charge in [0.1, 0.15) is 23.4 Å². The number of H-pyrrole nitrogens is 1. The molecule has 0 amide bonds. The van der Waals surface area contributed by atoms with Gasteiger partial charge in [0.25, 0.3) is 5.95 Å². The molecule has 196 valence electrons. The zero-order chi connectivity index (χ0) is 27.2. The third-order valence-electron chi connectivity index (χ3n) is 5.36. The van der Waals surface area contributed by atoms with Crippen LogP contribution in [-0.4, -0.2) is 50.8 Å². The van der Waals surface area contributed by atoms with E-state index in [0.717, 1.165) is 10.2 Å². The Balaban J connectivity index is 1.84. The van der Waals surface area contributed by atoms with Crippen LogP contribution in [0.25, 0.3) is 5.95 Å². The van der Waals surface area contributed by atoms with Gasteiger partial charge in [-0.1, -0.05) is 6.07 Å². The van der Waals surface area contributed by atoms with E-state index in [1.54, 1.807) is 38.5 Å². The van der Waals surface area contributed by atoms with Crippen molar-refractivity contribution in [3.63, 3.8) is 0 Å². The van der Waals surface area contributed by atoms with Crippen molar-refractivity contribution in [2.45, 2.75) is 19.6 Å². The van der Waals surface area contributed by atoms with E-state index < -0.39 is 17.7 Å². The number of esters is 1. The second-order valence-corrected chi connectivity index (χ2v) is 8.12. The van der Waals surface area contributed by atoms with Crippen LogP contribution in [0.4, 0.5) is 5.69 Å². The maximum absolute atomic E-state index is 12.8. The largest absolute Gasteiger partial charge is 0.497 e. The Labute approximate surface area is 217 Å².